The Morgan fingerprint density at radius 3 is 2.50 bits per heavy atom. The predicted octanol–water partition coefficient (Wildman–Crippen LogP) is 1.17. The van der Waals surface area contributed by atoms with Gasteiger partial charge in [-0.1, -0.05) is 6.07 Å². The highest BCUT2D eigenvalue weighted by Crippen LogP contribution is 2.31. The molecule has 12 heteroatoms. The molecule has 1 aromatic heterocycles. The van der Waals surface area contributed by atoms with Gasteiger partial charge in [0.2, 0.25) is 15.9 Å². The fourth-order valence-electron chi connectivity index (χ4n) is 3.56. The van der Waals surface area contributed by atoms with Gasteiger partial charge >= 0.3 is 6.03 Å². The normalized spacial score (nSPS) is 22.1. The summed E-state index contributed by atoms with van der Waals surface area (Å²) in [5, 5.41) is 7.04. The van der Waals surface area contributed by atoms with Crippen LogP contribution >= 0.6 is 11.3 Å². The first-order chi connectivity index (χ1) is 15.2. The first-order valence-corrected chi connectivity index (χ1v) is 12.2. The largest absolute Gasteiger partial charge is 0.379 e. The van der Waals surface area contributed by atoms with Gasteiger partial charge in [0.05, 0.1) is 18.1 Å². The predicted molar refractivity (Wildman–Crippen MR) is 117 cm³/mol. The molecule has 2 aliphatic heterocycles. The van der Waals surface area contributed by atoms with Crippen LogP contribution in [0.2, 0.25) is 0 Å². The highest BCUT2D eigenvalue weighted by molar-refractivity contribution is 7.89. The topological polar surface area (TPSA) is 125 Å². The molecule has 10 nitrogen and oxygen atoms in total. The highest BCUT2D eigenvalue weighted by atomic mass is 32.2. The second kappa shape index (κ2) is 8.62. The summed E-state index contributed by atoms with van der Waals surface area (Å²) in [6.45, 7) is 2.42. The van der Waals surface area contributed by atoms with E-state index in [0.717, 1.165) is 4.90 Å². The minimum Gasteiger partial charge on any atom is -0.379 e. The van der Waals surface area contributed by atoms with E-state index in [0.29, 0.717) is 23.8 Å². The molecule has 2 N–H and O–H groups in total. The third kappa shape index (κ3) is 4.13. The van der Waals surface area contributed by atoms with Crippen molar-refractivity contribution in [1.82, 2.24) is 14.5 Å². The molecule has 0 bridgehead atoms. The zero-order valence-electron chi connectivity index (χ0n) is 17.2. The van der Waals surface area contributed by atoms with E-state index in [9.17, 15) is 22.8 Å². The summed E-state index contributed by atoms with van der Waals surface area (Å²) in [5.41, 5.74) is -0.856. The van der Waals surface area contributed by atoms with E-state index in [1.165, 1.54) is 39.9 Å². The molecule has 0 aliphatic carbocycles. The molecule has 32 heavy (non-hydrogen) atoms. The number of anilines is 1. The summed E-state index contributed by atoms with van der Waals surface area (Å²) in [6, 6.07) is 8.62. The Morgan fingerprint density at radius 1 is 1.19 bits per heavy atom. The third-order valence-electron chi connectivity index (χ3n) is 5.34. The van der Waals surface area contributed by atoms with E-state index in [2.05, 4.69) is 10.6 Å². The van der Waals surface area contributed by atoms with E-state index >= 15 is 0 Å². The molecule has 0 spiro atoms. The number of urea groups is 1. The summed E-state index contributed by atoms with van der Waals surface area (Å²) in [4.78, 5) is 39.3. The van der Waals surface area contributed by atoms with Gasteiger partial charge in [-0.3, -0.25) is 14.5 Å². The Kier molecular flexibility index (Phi) is 6.03. The van der Waals surface area contributed by atoms with Crippen molar-refractivity contribution in [3.8, 4) is 0 Å². The number of hydrogen-bond donors (Lipinski definition) is 2. The lowest BCUT2D eigenvalue weighted by atomic mass is 10.0. The molecule has 1 unspecified atom stereocenters. The maximum atomic E-state index is 12.8. The molecule has 2 fully saturated rings. The maximum absolute atomic E-state index is 12.8. The molecule has 170 valence electrons. The Morgan fingerprint density at radius 2 is 1.88 bits per heavy atom. The Labute approximate surface area is 189 Å². The van der Waals surface area contributed by atoms with Crippen LogP contribution in [0, 0.1) is 0 Å². The molecule has 3 heterocycles. The van der Waals surface area contributed by atoms with Crippen molar-refractivity contribution >= 4 is 44.9 Å². The summed E-state index contributed by atoms with van der Waals surface area (Å²) in [7, 11) is -3.64. The summed E-state index contributed by atoms with van der Waals surface area (Å²) in [6.07, 6.45) is 0. The average Bonchev–Trinajstić information content (AvgIpc) is 3.39. The van der Waals surface area contributed by atoms with Gasteiger partial charge in [0.1, 0.15) is 6.54 Å². The van der Waals surface area contributed by atoms with Crippen molar-refractivity contribution in [3.63, 3.8) is 0 Å². The average molecular weight is 479 g/mol. The number of carbonyl (C=O) groups excluding carboxylic acids is 3. The minimum atomic E-state index is -3.64. The number of benzene rings is 1. The first-order valence-electron chi connectivity index (χ1n) is 9.88. The molecule has 0 saturated carbocycles. The number of hydrogen-bond acceptors (Lipinski definition) is 7. The number of sulfonamides is 1. The Hall–Kier alpha value is -2.80. The van der Waals surface area contributed by atoms with Crippen LogP contribution in [0.25, 0.3) is 0 Å². The minimum absolute atomic E-state index is 0.109. The molecule has 0 radical (unpaired) electrons. The quantitative estimate of drug-likeness (QED) is 0.601. The number of rotatable bonds is 6. The van der Waals surface area contributed by atoms with Crippen LogP contribution in [-0.4, -0.2) is 68.3 Å². The van der Waals surface area contributed by atoms with Gasteiger partial charge in [-0.25, -0.2) is 13.2 Å². The second-order valence-corrected chi connectivity index (χ2v) is 10.4. The van der Waals surface area contributed by atoms with E-state index in [1.54, 1.807) is 24.4 Å². The van der Waals surface area contributed by atoms with Crippen LogP contribution in [0.3, 0.4) is 0 Å². The summed E-state index contributed by atoms with van der Waals surface area (Å²) < 4.78 is 31.9. The smallest absolute Gasteiger partial charge is 0.325 e. The van der Waals surface area contributed by atoms with Crippen LogP contribution in [-0.2, 0) is 29.9 Å². The van der Waals surface area contributed by atoms with E-state index in [4.69, 9.17) is 4.74 Å². The molecule has 2 saturated heterocycles. The van der Waals surface area contributed by atoms with Gasteiger partial charge in [-0.2, -0.15) is 4.31 Å². The van der Waals surface area contributed by atoms with Gasteiger partial charge in [0.25, 0.3) is 5.91 Å². The van der Waals surface area contributed by atoms with Crippen molar-refractivity contribution in [2.45, 2.75) is 17.4 Å². The fraction of sp³-hybridized carbons (Fsp3) is 0.350. The van der Waals surface area contributed by atoms with E-state index < -0.39 is 40.0 Å². The van der Waals surface area contributed by atoms with Gasteiger partial charge in [-0.15, -0.1) is 11.3 Å². The molecular weight excluding hydrogens is 456 g/mol. The Balaban J connectivity index is 1.40. The first kappa shape index (κ1) is 22.4. The molecule has 2 aliphatic rings. The number of nitrogens with one attached hydrogen (secondary N) is 2. The lowest BCUT2D eigenvalue weighted by Crippen LogP contribution is -2.41. The second-order valence-electron chi connectivity index (χ2n) is 7.51. The van der Waals surface area contributed by atoms with Crippen molar-refractivity contribution in [2.75, 3.05) is 38.2 Å². The zero-order chi connectivity index (χ0) is 22.9. The van der Waals surface area contributed by atoms with Gasteiger partial charge < -0.3 is 15.4 Å². The van der Waals surface area contributed by atoms with Crippen molar-refractivity contribution < 1.29 is 27.5 Å². The van der Waals surface area contributed by atoms with Crippen LogP contribution in [0.5, 0.6) is 0 Å². The maximum Gasteiger partial charge on any atom is 0.325 e. The van der Waals surface area contributed by atoms with Crippen LogP contribution in [0.15, 0.2) is 46.7 Å². The number of thiophene rings is 1. The van der Waals surface area contributed by atoms with Crippen molar-refractivity contribution in [1.29, 1.82) is 0 Å². The van der Waals surface area contributed by atoms with E-state index in [-0.39, 0.29) is 18.0 Å². The van der Waals surface area contributed by atoms with Gasteiger partial charge in [-0.05, 0) is 42.6 Å². The SMILES string of the molecule is CC1(c2cccs2)NC(=O)N(CC(=O)Nc2ccc(S(=O)(=O)N3CCOCC3)cc2)C1=O. The molecule has 1 aromatic carbocycles. The summed E-state index contributed by atoms with van der Waals surface area (Å²) in [5.74, 6) is -1.08. The number of amides is 4. The van der Waals surface area contributed by atoms with Crippen molar-refractivity contribution in [3.05, 3.63) is 46.7 Å². The lowest BCUT2D eigenvalue weighted by molar-refractivity contribution is -0.133. The zero-order valence-corrected chi connectivity index (χ0v) is 18.9. The van der Waals surface area contributed by atoms with Crippen LogP contribution in [0.1, 0.15) is 11.8 Å². The molecular formula is C20H22N4O6S2. The van der Waals surface area contributed by atoms with Gasteiger partial charge in [0, 0.05) is 23.7 Å². The Bertz CT molecular complexity index is 1130. The lowest BCUT2D eigenvalue weighted by Gasteiger charge is -2.26. The van der Waals surface area contributed by atoms with Crippen molar-refractivity contribution in [2.24, 2.45) is 0 Å². The number of ether oxygens (including phenoxy) is 1. The number of imide groups is 1. The molecule has 4 rings (SSSR count). The molecule has 1 atom stereocenters. The summed E-state index contributed by atoms with van der Waals surface area (Å²) >= 11 is 1.34. The van der Waals surface area contributed by atoms with Gasteiger partial charge in [0.15, 0.2) is 5.54 Å². The fourth-order valence-corrected chi connectivity index (χ4v) is 5.80. The molecule has 2 aromatic rings. The van der Waals surface area contributed by atoms with E-state index in [1.807, 2.05) is 0 Å². The number of nitrogens with zero attached hydrogens (tertiary/aromatic N) is 2. The standard InChI is InChI=1S/C20H22N4O6S2/c1-20(16-3-2-12-31-16)18(26)24(19(27)22-20)13-17(25)21-14-4-6-15(7-5-14)32(28,29)23-8-10-30-11-9-23/h2-7,12H,8-11,13H2,1H3,(H,21,25)(H,22,27). The highest BCUT2D eigenvalue weighted by Gasteiger charge is 2.50. The number of morpholine rings is 1. The van der Waals surface area contributed by atoms with Crippen LogP contribution in [0.4, 0.5) is 10.5 Å². The van der Waals surface area contributed by atoms with Crippen LogP contribution < -0.4 is 10.6 Å². The third-order valence-corrected chi connectivity index (χ3v) is 8.34. The number of carbonyl (C=O) groups is 3. The molecule has 4 amide bonds. The monoisotopic (exact) mass is 478 g/mol.